The number of alkyl halides is 3. The van der Waals surface area contributed by atoms with E-state index < -0.39 is 29.4 Å². The molecule has 2 rings (SSSR count). The van der Waals surface area contributed by atoms with E-state index in [2.05, 4.69) is 16.2 Å². The second kappa shape index (κ2) is 8.09. The first kappa shape index (κ1) is 19.6. The van der Waals surface area contributed by atoms with Gasteiger partial charge in [-0.3, -0.25) is 15.6 Å². The number of nitrogens with zero attached hydrogens (tertiary/aromatic N) is 1. The summed E-state index contributed by atoms with van der Waals surface area (Å²) in [5.41, 5.74) is 8.60. The summed E-state index contributed by atoms with van der Waals surface area (Å²) in [6, 6.07) is 9.90. The van der Waals surface area contributed by atoms with Crippen LogP contribution in [0, 0.1) is 11.3 Å². The number of nitriles is 1. The van der Waals surface area contributed by atoms with E-state index in [1.165, 1.54) is 18.2 Å². The summed E-state index contributed by atoms with van der Waals surface area (Å²) in [7, 11) is 0. The molecule has 0 bridgehead atoms. The Morgan fingerprint density at radius 3 is 2.33 bits per heavy atom. The fraction of sp³-hybridized carbons (Fsp3) is 0.118. The molecule has 0 aliphatic rings. The number of rotatable bonds is 5. The predicted molar refractivity (Wildman–Crippen MR) is 90.1 cm³/mol. The van der Waals surface area contributed by atoms with Gasteiger partial charge in [-0.15, -0.1) is 0 Å². The highest BCUT2D eigenvalue weighted by atomic mass is 19.4. The van der Waals surface area contributed by atoms with Crippen molar-refractivity contribution in [3.8, 4) is 6.07 Å². The van der Waals surface area contributed by atoms with E-state index in [4.69, 9.17) is 11.0 Å². The Balaban J connectivity index is 2.07. The second-order valence-corrected chi connectivity index (χ2v) is 5.36. The lowest BCUT2D eigenvalue weighted by Gasteiger charge is -2.15. The maximum Gasteiger partial charge on any atom is 0.418 e. The van der Waals surface area contributed by atoms with Gasteiger partial charge in [0.25, 0.3) is 5.91 Å². The Labute approximate surface area is 151 Å². The zero-order valence-corrected chi connectivity index (χ0v) is 13.7. The lowest BCUT2D eigenvalue weighted by Crippen LogP contribution is -2.30. The molecule has 3 amide bonds. The third-order valence-corrected chi connectivity index (χ3v) is 3.45. The van der Waals surface area contributed by atoms with Crippen molar-refractivity contribution in [2.45, 2.75) is 12.7 Å². The minimum Gasteiger partial charge on any atom is -0.352 e. The van der Waals surface area contributed by atoms with Gasteiger partial charge in [0.05, 0.1) is 22.9 Å². The Kier molecular flexibility index (Phi) is 5.87. The molecule has 2 aromatic carbocycles. The normalized spacial score (nSPS) is 10.6. The molecule has 0 saturated heterocycles. The number of carbonyl (C=O) groups excluding carboxylic acids is 2. The number of hydrazine groups is 1. The quantitative estimate of drug-likeness (QED) is 0.598. The van der Waals surface area contributed by atoms with E-state index in [-0.39, 0.29) is 17.7 Å². The van der Waals surface area contributed by atoms with Crippen LogP contribution < -0.4 is 21.9 Å². The molecule has 0 aliphatic carbocycles. The van der Waals surface area contributed by atoms with E-state index in [9.17, 15) is 22.8 Å². The number of nitrogens with one attached hydrogen (secondary N) is 3. The van der Waals surface area contributed by atoms with Gasteiger partial charge in [0, 0.05) is 12.1 Å². The van der Waals surface area contributed by atoms with E-state index in [0.29, 0.717) is 11.6 Å². The van der Waals surface area contributed by atoms with Gasteiger partial charge in [-0.1, -0.05) is 12.1 Å². The molecule has 0 fully saturated rings. The van der Waals surface area contributed by atoms with Crippen LogP contribution in [-0.2, 0) is 12.7 Å². The van der Waals surface area contributed by atoms with Gasteiger partial charge >= 0.3 is 12.2 Å². The second-order valence-electron chi connectivity index (χ2n) is 5.36. The van der Waals surface area contributed by atoms with Gasteiger partial charge in [0.1, 0.15) is 0 Å². The number of benzene rings is 2. The number of halogens is 3. The van der Waals surface area contributed by atoms with Crippen molar-refractivity contribution in [3.05, 3.63) is 64.7 Å². The molecular weight excluding hydrogens is 363 g/mol. The first-order valence-electron chi connectivity index (χ1n) is 7.50. The SMILES string of the molecule is N#Cc1ccc(NNC(=O)c2ccc(CNC(N)=O)cc2)c(C(F)(F)F)c1. The maximum absolute atomic E-state index is 13.1. The highest BCUT2D eigenvalue weighted by Gasteiger charge is 2.34. The smallest absolute Gasteiger partial charge is 0.352 e. The number of anilines is 1. The molecule has 7 nitrogen and oxygen atoms in total. The molecule has 0 aliphatic heterocycles. The van der Waals surface area contributed by atoms with Crippen molar-refractivity contribution in [1.29, 1.82) is 5.26 Å². The van der Waals surface area contributed by atoms with Crippen LogP contribution in [0.25, 0.3) is 0 Å². The molecule has 0 radical (unpaired) electrons. The van der Waals surface area contributed by atoms with Crippen LogP contribution in [0.15, 0.2) is 42.5 Å². The van der Waals surface area contributed by atoms with Gasteiger partial charge in [-0.05, 0) is 35.9 Å². The summed E-state index contributed by atoms with van der Waals surface area (Å²) in [6.45, 7) is 0.176. The number of hydrogen-bond donors (Lipinski definition) is 4. The highest BCUT2D eigenvalue weighted by molar-refractivity contribution is 5.95. The van der Waals surface area contributed by atoms with E-state index >= 15 is 0 Å². The van der Waals surface area contributed by atoms with Crippen molar-refractivity contribution in [3.63, 3.8) is 0 Å². The minimum absolute atomic E-state index is 0.153. The fourth-order valence-corrected chi connectivity index (χ4v) is 2.12. The van der Waals surface area contributed by atoms with Crippen LogP contribution in [0.3, 0.4) is 0 Å². The van der Waals surface area contributed by atoms with Gasteiger partial charge in [0.2, 0.25) is 0 Å². The van der Waals surface area contributed by atoms with Crippen molar-refractivity contribution < 1.29 is 22.8 Å². The van der Waals surface area contributed by atoms with Crippen LogP contribution >= 0.6 is 0 Å². The number of urea groups is 1. The largest absolute Gasteiger partial charge is 0.418 e. The maximum atomic E-state index is 13.1. The molecule has 0 heterocycles. The first-order chi connectivity index (χ1) is 12.7. The number of carbonyl (C=O) groups is 2. The molecule has 0 saturated carbocycles. The molecule has 0 atom stereocenters. The fourth-order valence-electron chi connectivity index (χ4n) is 2.12. The number of primary amides is 1. The Morgan fingerprint density at radius 2 is 1.78 bits per heavy atom. The lowest BCUT2D eigenvalue weighted by atomic mass is 10.1. The number of hydrogen-bond acceptors (Lipinski definition) is 4. The van der Waals surface area contributed by atoms with E-state index in [1.54, 1.807) is 18.2 Å². The van der Waals surface area contributed by atoms with Crippen LogP contribution in [0.4, 0.5) is 23.7 Å². The average molecular weight is 377 g/mol. The van der Waals surface area contributed by atoms with Crippen LogP contribution in [0.1, 0.15) is 27.0 Å². The molecule has 27 heavy (non-hydrogen) atoms. The highest BCUT2D eigenvalue weighted by Crippen LogP contribution is 2.35. The third-order valence-electron chi connectivity index (χ3n) is 3.45. The molecule has 0 spiro atoms. The van der Waals surface area contributed by atoms with E-state index in [1.807, 2.05) is 0 Å². The monoisotopic (exact) mass is 377 g/mol. The Morgan fingerprint density at radius 1 is 1.11 bits per heavy atom. The average Bonchev–Trinajstić information content (AvgIpc) is 2.64. The first-order valence-corrected chi connectivity index (χ1v) is 7.50. The molecule has 140 valence electrons. The van der Waals surface area contributed by atoms with Crippen LogP contribution in [0.2, 0.25) is 0 Å². The van der Waals surface area contributed by atoms with Gasteiger partial charge in [-0.25, -0.2) is 4.79 Å². The standard InChI is InChI=1S/C17H14F3N5O2/c18-17(19,20)13-7-11(8-21)3-6-14(13)24-25-15(26)12-4-1-10(2-5-12)9-23-16(22)27/h1-7,24H,9H2,(H,25,26)(H3,22,23,27). The topological polar surface area (TPSA) is 120 Å². The number of nitrogens with two attached hydrogens (primary N) is 1. The molecule has 2 aromatic rings. The Bertz CT molecular complexity index is 889. The zero-order chi connectivity index (χ0) is 20.0. The molecule has 0 unspecified atom stereocenters. The summed E-state index contributed by atoms with van der Waals surface area (Å²) in [5.74, 6) is -0.665. The van der Waals surface area contributed by atoms with Crippen molar-refractivity contribution in [2.24, 2.45) is 5.73 Å². The van der Waals surface area contributed by atoms with Crippen molar-refractivity contribution >= 4 is 17.6 Å². The lowest BCUT2D eigenvalue weighted by molar-refractivity contribution is -0.137. The molecule has 10 heteroatoms. The summed E-state index contributed by atoms with van der Waals surface area (Å²) >= 11 is 0. The summed E-state index contributed by atoms with van der Waals surface area (Å²) in [5, 5.41) is 11.1. The summed E-state index contributed by atoms with van der Waals surface area (Å²) < 4.78 is 39.3. The van der Waals surface area contributed by atoms with Crippen LogP contribution in [-0.4, -0.2) is 11.9 Å². The molecular formula is C17H14F3N5O2. The summed E-state index contributed by atoms with van der Waals surface area (Å²) in [6.07, 6.45) is -4.70. The van der Waals surface area contributed by atoms with E-state index in [0.717, 1.165) is 6.07 Å². The summed E-state index contributed by atoms with van der Waals surface area (Å²) in [4.78, 5) is 22.7. The Hall–Kier alpha value is -3.74. The predicted octanol–water partition coefficient (Wildman–Crippen LogP) is 2.50. The minimum atomic E-state index is -4.70. The van der Waals surface area contributed by atoms with Gasteiger partial charge < -0.3 is 11.1 Å². The van der Waals surface area contributed by atoms with Crippen LogP contribution in [0.5, 0.6) is 0 Å². The van der Waals surface area contributed by atoms with Gasteiger partial charge in [-0.2, -0.15) is 18.4 Å². The number of amides is 3. The molecule has 5 N–H and O–H groups in total. The zero-order valence-electron chi connectivity index (χ0n) is 13.7. The van der Waals surface area contributed by atoms with Crippen molar-refractivity contribution in [2.75, 3.05) is 5.43 Å². The molecule has 0 aromatic heterocycles. The van der Waals surface area contributed by atoms with Gasteiger partial charge in [0.15, 0.2) is 0 Å². The third kappa shape index (κ3) is 5.37. The van der Waals surface area contributed by atoms with Crippen molar-refractivity contribution in [1.82, 2.24) is 10.7 Å².